The van der Waals surface area contributed by atoms with Gasteiger partial charge in [-0.25, -0.2) is 4.98 Å². The summed E-state index contributed by atoms with van der Waals surface area (Å²) in [5.74, 6) is 1.03. The Bertz CT molecular complexity index is 853. The summed E-state index contributed by atoms with van der Waals surface area (Å²) in [4.78, 5) is 4.97. The van der Waals surface area contributed by atoms with E-state index in [-0.39, 0.29) is 0 Å². The molecular weight excluding hydrogens is 308 g/mol. The van der Waals surface area contributed by atoms with Crippen LogP contribution < -0.4 is 5.73 Å². The molecule has 3 aromatic rings. The van der Waals surface area contributed by atoms with E-state index in [4.69, 9.17) is 22.6 Å². The van der Waals surface area contributed by atoms with Crippen LogP contribution in [0.4, 0.5) is 5.82 Å². The number of hydrogen-bond donors (Lipinski definition) is 2. The molecule has 8 heteroatoms. The Hall–Kier alpha value is -2.30. The third kappa shape index (κ3) is 2.77. The number of aromatic amines is 1. The number of hydrogen-bond acceptors (Lipinski definition) is 6. The highest BCUT2D eigenvalue weighted by molar-refractivity contribution is 7.98. The number of nitrogens with zero attached hydrogens (tertiary/aromatic N) is 4. The number of H-pyrrole nitrogens is 1. The van der Waals surface area contributed by atoms with Crippen LogP contribution in [0, 0.1) is 11.3 Å². The minimum atomic E-state index is 0.393. The van der Waals surface area contributed by atoms with Crippen LogP contribution in [0.2, 0.25) is 5.02 Å². The van der Waals surface area contributed by atoms with Gasteiger partial charge in [-0.15, -0.1) is 16.9 Å². The zero-order valence-corrected chi connectivity index (χ0v) is 12.2. The summed E-state index contributed by atoms with van der Waals surface area (Å²) in [6.07, 6.45) is 0. The number of halogens is 1. The predicted molar refractivity (Wildman–Crippen MR) is 81.8 cm³/mol. The fourth-order valence-electron chi connectivity index (χ4n) is 1.83. The molecule has 104 valence electrons. The molecule has 2 aromatic heterocycles. The Balaban J connectivity index is 1.87. The molecule has 0 saturated carbocycles. The molecule has 0 aliphatic rings. The minimum Gasteiger partial charge on any atom is -0.384 e. The highest BCUT2D eigenvalue weighted by Crippen LogP contribution is 2.31. The molecule has 6 nitrogen and oxygen atoms in total. The van der Waals surface area contributed by atoms with Crippen molar-refractivity contribution in [1.82, 2.24) is 20.4 Å². The van der Waals surface area contributed by atoms with Gasteiger partial charge in [0.1, 0.15) is 11.3 Å². The summed E-state index contributed by atoms with van der Waals surface area (Å²) in [7, 11) is 0. The lowest BCUT2D eigenvalue weighted by atomic mass is 10.2. The Morgan fingerprint density at radius 2 is 2.19 bits per heavy atom. The molecule has 0 aliphatic carbocycles. The molecule has 0 saturated heterocycles. The molecule has 1 aromatic carbocycles. The third-order valence-electron chi connectivity index (χ3n) is 2.84. The normalized spacial score (nSPS) is 10.7. The first-order valence-electron chi connectivity index (χ1n) is 5.95. The van der Waals surface area contributed by atoms with E-state index < -0.39 is 0 Å². The summed E-state index contributed by atoms with van der Waals surface area (Å²) in [5, 5.41) is 19.9. The number of nitrogen functional groups attached to an aromatic ring is 1. The summed E-state index contributed by atoms with van der Waals surface area (Å²) >= 11 is 7.71. The average molecular weight is 317 g/mol. The van der Waals surface area contributed by atoms with Crippen molar-refractivity contribution in [3.63, 3.8) is 0 Å². The molecular formula is C13H9ClN6S. The fourth-order valence-corrected chi connectivity index (χ4v) is 3.19. The Labute approximate surface area is 129 Å². The molecule has 21 heavy (non-hydrogen) atoms. The van der Waals surface area contributed by atoms with E-state index in [2.05, 4.69) is 26.5 Å². The van der Waals surface area contributed by atoms with Crippen molar-refractivity contribution in [2.75, 3.05) is 5.73 Å². The monoisotopic (exact) mass is 316 g/mol. The quantitative estimate of drug-likeness (QED) is 0.720. The van der Waals surface area contributed by atoms with Crippen molar-refractivity contribution < 1.29 is 0 Å². The number of nitrogens with one attached hydrogen (secondary N) is 1. The first-order chi connectivity index (χ1) is 10.2. The van der Waals surface area contributed by atoms with Crippen molar-refractivity contribution >= 4 is 40.3 Å². The van der Waals surface area contributed by atoms with E-state index in [0.717, 1.165) is 10.5 Å². The second kappa shape index (κ2) is 5.60. The molecule has 3 rings (SSSR count). The molecule has 2 heterocycles. The maximum absolute atomic E-state index is 8.83. The average Bonchev–Trinajstić information content (AvgIpc) is 2.93. The number of rotatable bonds is 3. The first kappa shape index (κ1) is 13.7. The van der Waals surface area contributed by atoms with Gasteiger partial charge < -0.3 is 5.73 Å². The number of nitrogens with two attached hydrogens (primary N) is 1. The number of fused-ring (bicyclic) bond motifs is 1. The van der Waals surface area contributed by atoms with Gasteiger partial charge in [-0.05, 0) is 23.8 Å². The van der Waals surface area contributed by atoms with Gasteiger partial charge in [-0.2, -0.15) is 15.6 Å². The van der Waals surface area contributed by atoms with Crippen LogP contribution in [-0.4, -0.2) is 20.4 Å². The van der Waals surface area contributed by atoms with E-state index in [1.54, 1.807) is 18.2 Å². The fraction of sp³-hybridized carbons (Fsp3) is 0.0769. The van der Waals surface area contributed by atoms with Gasteiger partial charge in [0.05, 0.1) is 11.6 Å². The molecule has 0 radical (unpaired) electrons. The Morgan fingerprint density at radius 1 is 1.33 bits per heavy atom. The molecule has 3 N–H and O–H groups in total. The van der Waals surface area contributed by atoms with Gasteiger partial charge in [0.15, 0.2) is 0 Å². The van der Waals surface area contributed by atoms with Gasteiger partial charge in [-0.3, -0.25) is 0 Å². The third-order valence-corrected chi connectivity index (χ3v) is 4.27. The number of pyridine rings is 1. The number of benzene rings is 1. The number of thioether (sulfide) groups is 1. The molecule has 0 unspecified atom stereocenters. The van der Waals surface area contributed by atoms with E-state index >= 15 is 0 Å². The van der Waals surface area contributed by atoms with Crippen molar-refractivity contribution in [3.05, 3.63) is 40.4 Å². The largest absolute Gasteiger partial charge is 0.384 e. The van der Waals surface area contributed by atoms with Crippen LogP contribution in [0.3, 0.4) is 0 Å². The lowest BCUT2D eigenvalue weighted by molar-refractivity contribution is 0.953. The van der Waals surface area contributed by atoms with Crippen molar-refractivity contribution in [1.29, 1.82) is 5.26 Å². The zero-order valence-electron chi connectivity index (χ0n) is 10.7. The van der Waals surface area contributed by atoms with Crippen LogP contribution in [0.25, 0.3) is 11.2 Å². The van der Waals surface area contributed by atoms with Crippen LogP contribution in [-0.2, 0) is 5.75 Å². The smallest absolute Gasteiger partial charge is 0.204 e. The highest BCUT2D eigenvalue weighted by Gasteiger charge is 2.10. The number of nitriles is 1. The van der Waals surface area contributed by atoms with Crippen LogP contribution >= 0.6 is 23.4 Å². The van der Waals surface area contributed by atoms with Crippen molar-refractivity contribution in [2.24, 2.45) is 0 Å². The first-order valence-corrected chi connectivity index (χ1v) is 7.32. The second-order valence-electron chi connectivity index (χ2n) is 4.25. The Kier molecular flexibility index (Phi) is 3.64. The maximum Gasteiger partial charge on any atom is 0.204 e. The van der Waals surface area contributed by atoms with Crippen LogP contribution in [0.5, 0.6) is 0 Å². The molecule has 0 amide bonds. The number of anilines is 1. The molecule has 0 bridgehead atoms. The second-order valence-corrected chi connectivity index (χ2v) is 5.67. The van der Waals surface area contributed by atoms with Crippen LogP contribution in [0.15, 0.2) is 29.2 Å². The van der Waals surface area contributed by atoms with Gasteiger partial charge in [0.2, 0.25) is 5.65 Å². The summed E-state index contributed by atoms with van der Waals surface area (Å²) < 4.78 is 0. The zero-order chi connectivity index (χ0) is 14.8. The predicted octanol–water partition coefficient (Wildman–Crippen LogP) is 2.75. The molecule has 0 atom stereocenters. The Morgan fingerprint density at radius 3 is 2.95 bits per heavy atom. The summed E-state index contributed by atoms with van der Waals surface area (Å²) in [5.41, 5.74) is 8.40. The van der Waals surface area contributed by atoms with E-state index in [9.17, 15) is 0 Å². The molecule has 0 fully saturated rings. The molecule has 0 spiro atoms. The van der Waals surface area contributed by atoms with Gasteiger partial charge >= 0.3 is 0 Å². The highest BCUT2D eigenvalue weighted by atomic mass is 35.5. The van der Waals surface area contributed by atoms with E-state index in [1.807, 2.05) is 6.07 Å². The van der Waals surface area contributed by atoms with Crippen molar-refractivity contribution in [3.8, 4) is 6.07 Å². The summed E-state index contributed by atoms with van der Waals surface area (Å²) in [6, 6.07) is 9.06. The van der Waals surface area contributed by atoms with Gasteiger partial charge in [0.25, 0.3) is 0 Å². The maximum atomic E-state index is 8.83. The van der Waals surface area contributed by atoms with E-state index in [0.29, 0.717) is 33.3 Å². The van der Waals surface area contributed by atoms with Gasteiger partial charge in [-0.1, -0.05) is 17.7 Å². The number of aromatic nitrogens is 4. The van der Waals surface area contributed by atoms with E-state index in [1.165, 1.54) is 11.8 Å². The minimum absolute atomic E-state index is 0.393. The van der Waals surface area contributed by atoms with Crippen molar-refractivity contribution in [2.45, 2.75) is 10.6 Å². The standard InChI is InChI=1S/C13H9ClN6S/c14-9-3-7(5-15)1-2-8(9)6-21-10-4-11(16)17-13-12(10)18-20-19-13/h1-4H,6H2,(H3,16,17,18,19,20). The van der Waals surface area contributed by atoms with Gasteiger partial charge in [0, 0.05) is 15.7 Å². The lowest BCUT2D eigenvalue weighted by Crippen LogP contribution is -1.92. The topological polar surface area (TPSA) is 104 Å². The molecule has 0 aliphatic heterocycles. The SMILES string of the molecule is N#Cc1ccc(CSc2cc(N)nc3n[nH]nc23)c(Cl)c1. The lowest BCUT2D eigenvalue weighted by Gasteiger charge is -2.05. The van der Waals surface area contributed by atoms with Crippen LogP contribution in [0.1, 0.15) is 11.1 Å². The summed E-state index contributed by atoms with van der Waals surface area (Å²) in [6.45, 7) is 0.